The van der Waals surface area contributed by atoms with Gasteiger partial charge in [0.05, 0.1) is 0 Å². The molecule has 2 atom stereocenters. The Hall–Kier alpha value is -1.07. The number of nitrogens with one attached hydrogen (secondary N) is 2. The van der Waals surface area contributed by atoms with Gasteiger partial charge in [-0.25, -0.2) is 0 Å². The highest BCUT2D eigenvalue weighted by Gasteiger charge is 2.26. The molecule has 0 spiro atoms. The highest BCUT2D eigenvalue weighted by molar-refractivity contribution is 5.90. The second kappa shape index (κ2) is 7.97. The van der Waals surface area contributed by atoms with Crippen molar-refractivity contribution in [3.63, 3.8) is 0 Å². The molecule has 0 saturated heterocycles. The van der Waals surface area contributed by atoms with Crippen LogP contribution in [-0.4, -0.2) is 22.1 Å². The zero-order valence-corrected chi connectivity index (χ0v) is 13.8. The molecular formula is C16H27ClN4O. The first kappa shape index (κ1) is 17.3. The van der Waals surface area contributed by atoms with Crippen LogP contribution in [0.15, 0.2) is 6.07 Å². The number of nitrogens with zero attached hydrogens (tertiary/aromatic N) is 1. The molecule has 1 amide bonds. The maximum atomic E-state index is 12.1. The minimum Gasteiger partial charge on any atom is -0.327 e. The number of aromatic amines is 1. The molecule has 2 fully saturated rings. The number of anilines is 1. The molecule has 1 aromatic rings. The molecule has 1 aromatic heterocycles. The van der Waals surface area contributed by atoms with Gasteiger partial charge in [0.25, 0.3) is 0 Å². The molecule has 6 heteroatoms. The smallest absolute Gasteiger partial charge is 0.225 e. The Morgan fingerprint density at radius 3 is 2.68 bits per heavy atom. The number of hydrogen-bond donors (Lipinski definition) is 3. The molecular weight excluding hydrogens is 300 g/mol. The van der Waals surface area contributed by atoms with Gasteiger partial charge in [-0.15, -0.1) is 12.4 Å². The Kier molecular flexibility index (Phi) is 6.26. The third-order valence-electron chi connectivity index (χ3n) is 5.08. The lowest BCUT2D eigenvalue weighted by atomic mass is 9.87. The Balaban J connectivity index is 0.00000176. The minimum absolute atomic E-state index is 0. The number of aromatic nitrogens is 2. The van der Waals surface area contributed by atoms with Gasteiger partial charge < -0.3 is 11.1 Å². The van der Waals surface area contributed by atoms with E-state index >= 15 is 0 Å². The fraction of sp³-hybridized carbons (Fsp3) is 0.750. The van der Waals surface area contributed by atoms with Gasteiger partial charge in [0, 0.05) is 30.1 Å². The fourth-order valence-electron chi connectivity index (χ4n) is 3.77. The van der Waals surface area contributed by atoms with Gasteiger partial charge in [-0.2, -0.15) is 5.10 Å². The van der Waals surface area contributed by atoms with E-state index in [2.05, 4.69) is 15.5 Å². The number of hydrogen-bond acceptors (Lipinski definition) is 3. The number of nitrogens with two attached hydrogens (primary N) is 1. The molecule has 0 aliphatic heterocycles. The molecule has 5 nitrogen and oxygen atoms in total. The summed E-state index contributed by atoms with van der Waals surface area (Å²) in [7, 11) is 0. The predicted molar refractivity (Wildman–Crippen MR) is 90.2 cm³/mol. The monoisotopic (exact) mass is 326 g/mol. The topological polar surface area (TPSA) is 83.8 Å². The van der Waals surface area contributed by atoms with E-state index < -0.39 is 0 Å². The van der Waals surface area contributed by atoms with Crippen molar-refractivity contribution in [2.75, 3.05) is 5.32 Å². The van der Waals surface area contributed by atoms with E-state index in [9.17, 15) is 4.79 Å². The number of halogens is 1. The summed E-state index contributed by atoms with van der Waals surface area (Å²) >= 11 is 0. The van der Waals surface area contributed by atoms with Crippen LogP contribution in [0.1, 0.15) is 69.4 Å². The van der Waals surface area contributed by atoms with E-state index in [1.54, 1.807) is 0 Å². The number of carbonyl (C=O) groups is 1. The average Bonchev–Trinajstić information content (AvgIpc) is 3.10. The van der Waals surface area contributed by atoms with Gasteiger partial charge in [0.1, 0.15) is 0 Å². The molecule has 2 saturated carbocycles. The molecule has 2 aliphatic rings. The SMILES string of the molecule is Cl.N[C@@H]1CCC[C@H]1CC(=O)Nc1cc(C2CCCCC2)[nH]n1. The number of rotatable bonds is 4. The highest BCUT2D eigenvalue weighted by atomic mass is 35.5. The van der Waals surface area contributed by atoms with Gasteiger partial charge in [-0.1, -0.05) is 25.7 Å². The van der Waals surface area contributed by atoms with E-state index in [1.807, 2.05) is 6.07 Å². The predicted octanol–water partition coefficient (Wildman–Crippen LogP) is 3.34. The van der Waals surface area contributed by atoms with Gasteiger partial charge in [0.2, 0.25) is 5.91 Å². The Labute approximate surface area is 138 Å². The zero-order chi connectivity index (χ0) is 14.7. The molecule has 3 rings (SSSR count). The third kappa shape index (κ3) is 4.23. The first-order valence-electron chi connectivity index (χ1n) is 8.33. The lowest BCUT2D eigenvalue weighted by molar-refractivity contribution is -0.117. The van der Waals surface area contributed by atoms with Crippen molar-refractivity contribution in [1.82, 2.24) is 10.2 Å². The van der Waals surface area contributed by atoms with Crippen molar-refractivity contribution in [2.45, 2.75) is 69.7 Å². The quantitative estimate of drug-likeness (QED) is 0.793. The molecule has 2 aliphatic carbocycles. The Morgan fingerprint density at radius 1 is 1.23 bits per heavy atom. The number of carbonyl (C=O) groups excluding carboxylic acids is 1. The summed E-state index contributed by atoms with van der Waals surface area (Å²) in [6.07, 6.45) is 10.2. The van der Waals surface area contributed by atoms with Crippen molar-refractivity contribution in [2.24, 2.45) is 11.7 Å². The van der Waals surface area contributed by atoms with E-state index in [1.165, 1.54) is 37.8 Å². The van der Waals surface area contributed by atoms with Crippen LogP contribution in [0.3, 0.4) is 0 Å². The van der Waals surface area contributed by atoms with Crippen molar-refractivity contribution >= 4 is 24.1 Å². The summed E-state index contributed by atoms with van der Waals surface area (Å²) in [5.41, 5.74) is 7.19. The van der Waals surface area contributed by atoms with Gasteiger partial charge in [0.15, 0.2) is 5.82 Å². The van der Waals surface area contributed by atoms with Crippen molar-refractivity contribution in [3.8, 4) is 0 Å². The first-order chi connectivity index (χ1) is 10.2. The molecule has 0 unspecified atom stereocenters. The van der Waals surface area contributed by atoms with Crippen LogP contribution in [0.5, 0.6) is 0 Å². The molecule has 0 radical (unpaired) electrons. The van der Waals surface area contributed by atoms with Crippen molar-refractivity contribution < 1.29 is 4.79 Å². The molecule has 22 heavy (non-hydrogen) atoms. The van der Waals surface area contributed by atoms with Crippen LogP contribution in [0.4, 0.5) is 5.82 Å². The van der Waals surface area contributed by atoms with E-state index in [0.717, 1.165) is 19.3 Å². The highest BCUT2D eigenvalue weighted by Crippen LogP contribution is 2.32. The summed E-state index contributed by atoms with van der Waals surface area (Å²) in [6.45, 7) is 0. The van der Waals surface area contributed by atoms with Crippen LogP contribution < -0.4 is 11.1 Å². The second-order valence-electron chi connectivity index (χ2n) is 6.65. The molecule has 0 bridgehead atoms. The van der Waals surface area contributed by atoms with Crippen molar-refractivity contribution in [1.29, 1.82) is 0 Å². The lowest BCUT2D eigenvalue weighted by Gasteiger charge is -2.19. The maximum Gasteiger partial charge on any atom is 0.225 e. The number of amides is 1. The van der Waals surface area contributed by atoms with Crippen molar-refractivity contribution in [3.05, 3.63) is 11.8 Å². The lowest BCUT2D eigenvalue weighted by Crippen LogP contribution is -2.28. The normalized spacial score (nSPS) is 25.7. The Morgan fingerprint density at radius 2 is 2.00 bits per heavy atom. The molecule has 124 valence electrons. The van der Waals surface area contributed by atoms with E-state index in [-0.39, 0.29) is 24.4 Å². The summed E-state index contributed by atoms with van der Waals surface area (Å²) in [5.74, 6) is 1.62. The molecule has 0 aromatic carbocycles. The summed E-state index contributed by atoms with van der Waals surface area (Å²) < 4.78 is 0. The minimum atomic E-state index is 0. The van der Waals surface area contributed by atoms with Crippen LogP contribution in [-0.2, 0) is 4.79 Å². The molecule has 1 heterocycles. The largest absolute Gasteiger partial charge is 0.327 e. The second-order valence-corrected chi connectivity index (χ2v) is 6.65. The fourth-order valence-corrected chi connectivity index (χ4v) is 3.77. The standard InChI is InChI=1S/C16H26N4O.ClH/c17-13-8-4-7-12(13)9-16(21)18-15-10-14(19-20-15)11-5-2-1-3-6-11;/h10-13H,1-9,17H2,(H2,18,19,20,21);1H/t12-,13+;/m0./s1. The van der Waals surface area contributed by atoms with Gasteiger partial charge in [-0.3, -0.25) is 9.89 Å². The maximum absolute atomic E-state index is 12.1. The Bertz CT molecular complexity index is 484. The van der Waals surface area contributed by atoms with E-state index in [4.69, 9.17) is 5.73 Å². The summed E-state index contributed by atoms with van der Waals surface area (Å²) in [6, 6.07) is 2.19. The van der Waals surface area contributed by atoms with E-state index in [0.29, 0.717) is 24.1 Å². The van der Waals surface area contributed by atoms with Crippen LogP contribution in [0.2, 0.25) is 0 Å². The van der Waals surface area contributed by atoms with Crippen LogP contribution >= 0.6 is 12.4 Å². The third-order valence-corrected chi connectivity index (χ3v) is 5.08. The molecule has 4 N–H and O–H groups in total. The van der Waals surface area contributed by atoms with Gasteiger partial charge >= 0.3 is 0 Å². The van der Waals surface area contributed by atoms with Crippen LogP contribution in [0, 0.1) is 5.92 Å². The average molecular weight is 327 g/mol. The zero-order valence-electron chi connectivity index (χ0n) is 13.0. The van der Waals surface area contributed by atoms with Gasteiger partial charge in [-0.05, 0) is 31.6 Å². The first-order valence-corrected chi connectivity index (χ1v) is 8.33. The summed E-state index contributed by atoms with van der Waals surface area (Å²) in [5, 5.41) is 10.2. The summed E-state index contributed by atoms with van der Waals surface area (Å²) in [4.78, 5) is 12.1. The number of H-pyrrole nitrogens is 1. The van der Waals surface area contributed by atoms with Crippen LogP contribution in [0.25, 0.3) is 0 Å².